The molecule has 0 atom stereocenters. The molecule has 9 heavy (non-hydrogen) atoms. The molecule has 1 fully saturated rings. The van der Waals surface area contributed by atoms with Gasteiger partial charge in [0.15, 0.2) is 0 Å². The molecular formula is C7H12ClN. The number of halogens is 1. The van der Waals surface area contributed by atoms with Crippen LogP contribution in [0.25, 0.3) is 0 Å². The number of likely N-dealkylation sites (tertiary alicyclic amines) is 1. The van der Waals surface area contributed by atoms with Gasteiger partial charge in [0.1, 0.15) is 0 Å². The van der Waals surface area contributed by atoms with Crippen LogP contribution in [-0.4, -0.2) is 30.4 Å². The van der Waals surface area contributed by atoms with E-state index >= 15 is 0 Å². The van der Waals surface area contributed by atoms with Crippen LogP contribution in [0.5, 0.6) is 0 Å². The van der Waals surface area contributed by atoms with Gasteiger partial charge >= 0.3 is 0 Å². The topological polar surface area (TPSA) is 3.24 Å². The molecule has 1 aliphatic heterocycles. The third-order valence-corrected chi connectivity index (χ3v) is 2.07. The second-order valence-corrected chi connectivity index (χ2v) is 2.84. The standard InChI is InChI=1S/C7H12ClN/c1-2-3-9-5-7(4-8)6-9/h2,7H,1,3-6H2. The Morgan fingerprint density at radius 3 is 2.78 bits per heavy atom. The molecule has 1 aliphatic rings. The highest BCUT2D eigenvalue weighted by atomic mass is 35.5. The summed E-state index contributed by atoms with van der Waals surface area (Å²) in [4.78, 5) is 2.33. The first kappa shape index (κ1) is 7.10. The van der Waals surface area contributed by atoms with Gasteiger partial charge in [-0.25, -0.2) is 0 Å². The minimum atomic E-state index is 0.742. The SMILES string of the molecule is C=CCN1CC(CCl)C1. The van der Waals surface area contributed by atoms with Crippen molar-refractivity contribution in [2.45, 2.75) is 0 Å². The second-order valence-electron chi connectivity index (χ2n) is 2.53. The predicted octanol–water partition coefficient (Wildman–Crippen LogP) is 1.34. The molecule has 0 bridgehead atoms. The van der Waals surface area contributed by atoms with E-state index in [0.29, 0.717) is 0 Å². The van der Waals surface area contributed by atoms with Gasteiger partial charge in [0.05, 0.1) is 0 Å². The Bertz CT molecular complexity index is 97.1. The number of alkyl halides is 1. The molecule has 0 aromatic carbocycles. The van der Waals surface area contributed by atoms with Gasteiger partial charge < -0.3 is 0 Å². The predicted molar refractivity (Wildman–Crippen MR) is 40.8 cm³/mol. The highest BCUT2D eigenvalue weighted by Gasteiger charge is 2.23. The van der Waals surface area contributed by atoms with Crippen molar-refractivity contribution in [2.24, 2.45) is 5.92 Å². The van der Waals surface area contributed by atoms with E-state index in [0.717, 1.165) is 31.4 Å². The van der Waals surface area contributed by atoms with Crippen LogP contribution in [0, 0.1) is 5.92 Å². The summed E-state index contributed by atoms with van der Waals surface area (Å²) in [7, 11) is 0. The fourth-order valence-corrected chi connectivity index (χ4v) is 1.30. The van der Waals surface area contributed by atoms with Crippen molar-refractivity contribution >= 4 is 11.6 Å². The molecular weight excluding hydrogens is 134 g/mol. The highest BCUT2D eigenvalue weighted by molar-refractivity contribution is 6.18. The molecule has 2 heteroatoms. The van der Waals surface area contributed by atoms with Crippen LogP contribution in [0.2, 0.25) is 0 Å². The molecule has 0 radical (unpaired) electrons. The van der Waals surface area contributed by atoms with E-state index in [1.165, 1.54) is 0 Å². The molecule has 0 spiro atoms. The Kier molecular flexibility index (Phi) is 2.55. The molecule has 0 unspecified atom stereocenters. The maximum atomic E-state index is 5.62. The third kappa shape index (κ3) is 1.70. The first-order valence-electron chi connectivity index (χ1n) is 3.26. The molecule has 1 heterocycles. The Hall–Kier alpha value is -0.0100. The number of hydrogen-bond acceptors (Lipinski definition) is 1. The van der Waals surface area contributed by atoms with Crippen molar-refractivity contribution in [3.05, 3.63) is 12.7 Å². The first-order valence-corrected chi connectivity index (χ1v) is 3.79. The van der Waals surface area contributed by atoms with E-state index in [1.807, 2.05) is 6.08 Å². The Morgan fingerprint density at radius 2 is 2.33 bits per heavy atom. The van der Waals surface area contributed by atoms with Gasteiger partial charge in [-0.05, 0) is 5.92 Å². The lowest BCUT2D eigenvalue weighted by atomic mass is 10.0. The molecule has 1 rings (SSSR count). The van der Waals surface area contributed by atoms with E-state index in [2.05, 4.69) is 11.5 Å². The Labute approximate surface area is 61.3 Å². The fraction of sp³-hybridized carbons (Fsp3) is 0.714. The zero-order valence-electron chi connectivity index (χ0n) is 5.52. The molecule has 0 N–H and O–H groups in total. The molecule has 0 aromatic rings. The fourth-order valence-electron chi connectivity index (χ4n) is 1.11. The molecule has 1 saturated heterocycles. The van der Waals surface area contributed by atoms with E-state index in [1.54, 1.807) is 0 Å². The third-order valence-electron chi connectivity index (χ3n) is 1.64. The minimum Gasteiger partial charge on any atom is -0.299 e. The van der Waals surface area contributed by atoms with Crippen LogP contribution in [-0.2, 0) is 0 Å². The van der Waals surface area contributed by atoms with Crippen LogP contribution >= 0.6 is 11.6 Å². The number of nitrogens with zero attached hydrogens (tertiary/aromatic N) is 1. The molecule has 0 amide bonds. The lowest BCUT2D eigenvalue weighted by Crippen LogP contribution is -2.47. The van der Waals surface area contributed by atoms with Crippen LogP contribution in [0.4, 0.5) is 0 Å². The normalized spacial score (nSPS) is 21.4. The summed E-state index contributed by atoms with van der Waals surface area (Å²) in [5.74, 6) is 1.56. The van der Waals surface area contributed by atoms with E-state index in [-0.39, 0.29) is 0 Å². The zero-order valence-corrected chi connectivity index (χ0v) is 6.27. The number of hydrogen-bond donors (Lipinski definition) is 0. The zero-order chi connectivity index (χ0) is 6.69. The molecule has 0 aliphatic carbocycles. The smallest absolute Gasteiger partial charge is 0.0276 e. The van der Waals surface area contributed by atoms with Crippen LogP contribution in [0.3, 0.4) is 0 Å². The van der Waals surface area contributed by atoms with Gasteiger partial charge in [-0.1, -0.05) is 6.08 Å². The van der Waals surface area contributed by atoms with Crippen molar-refractivity contribution in [3.63, 3.8) is 0 Å². The lowest BCUT2D eigenvalue weighted by molar-refractivity contribution is 0.132. The largest absolute Gasteiger partial charge is 0.299 e. The summed E-state index contributed by atoms with van der Waals surface area (Å²) in [5.41, 5.74) is 0. The molecule has 1 nitrogen and oxygen atoms in total. The van der Waals surface area contributed by atoms with Gasteiger partial charge in [-0.3, -0.25) is 4.90 Å². The van der Waals surface area contributed by atoms with E-state index < -0.39 is 0 Å². The quantitative estimate of drug-likeness (QED) is 0.428. The van der Waals surface area contributed by atoms with Crippen molar-refractivity contribution in [1.29, 1.82) is 0 Å². The molecule has 0 saturated carbocycles. The summed E-state index contributed by atoms with van der Waals surface area (Å²) in [6.45, 7) is 7.00. The van der Waals surface area contributed by atoms with Crippen molar-refractivity contribution in [1.82, 2.24) is 4.90 Å². The van der Waals surface area contributed by atoms with Gasteiger partial charge in [0, 0.05) is 25.5 Å². The summed E-state index contributed by atoms with van der Waals surface area (Å²) >= 11 is 5.62. The summed E-state index contributed by atoms with van der Waals surface area (Å²) in [6, 6.07) is 0. The first-order chi connectivity index (χ1) is 4.36. The van der Waals surface area contributed by atoms with Gasteiger partial charge in [-0.15, -0.1) is 18.2 Å². The van der Waals surface area contributed by atoms with Crippen LogP contribution in [0.15, 0.2) is 12.7 Å². The maximum absolute atomic E-state index is 5.62. The Morgan fingerprint density at radius 1 is 1.67 bits per heavy atom. The minimum absolute atomic E-state index is 0.742. The van der Waals surface area contributed by atoms with Crippen LogP contribution < -0.4 is 0 Å². The maximum Gasteiger partial charge on any atom is 0.0276 e. The highest BCUT2D eigenvalue weighted by Crippen LogP contribution is 2.15. The van der Waals surface area contributed by atoms with Crippen molar-refractivity contribution < 1.29 is 0 Å². The average Bonchev–Trinajstić information content (AvgIpc) is 1.77. The van der Waals surface area contributed by atoms with Gasteiger partial charge in [0.25, 0.3) is 0 Å². The van der Waals surface area contributed by atoms with E-state index in [4.69, 9.17) is 11.6 Å². The number of rotatable bonds is 3. The molecule has 0 aromatic heterocycles. The van der Waals surface area contributed by atoms with Crippen molar-refractivity contribution in [3.8, 4) is 0 Å². The van der Waals surface area contributed by atoms with Crippen LogP contribution in [0.1, 0.15) is 0 Å². The van der Waals surface area contributed by atoms with Gasteiger partial charge in [0.2, 0.25) is 0 Å². The second kappa shape index (κ2) is 3.23. The lowest BCUT2D eigenvalue weighted by Gasteiger charge is -2.37. The molecule has 52 valence electrons. The monoisotopic (exact) mass is 145 g/mol. The summed E-state index contributed by atoms with van der Waals surface area (Å²) in [5, 5.41) is 0. The average molecular weight is 146 g/mol. The van der Waals surface area contributed by atoms with Crippen molar-refractivity contribution in [2.75, 3.05) is 25.5 Å². The summed E-state index contributed by atoms with van der Waals surface area (Å²) < 4.78 is 0. The Balaban J connectivity index is 2.04. The summed E-state index contributed by atoms with van der Waals surface area (Å²) in [6.07, 6.45) is 1.93. The van der Waals surface area contributed by atoms with E-state index in [9.17, 15) is 0 Å². The van der Waals surface area contributed by atoms with Gasteiger partial charge in [-0.2, -0.15) is 0 Å².